The van der Waals surface area contributed by atoms with Crippen molar-refractivity contribution in [2.45, 2.75) is 26.2 Å². The standard InChI is InChI=1S/C16H21NO4/c1-3-4-5-10-17-16(20)13-6-8-14(21-2)12(11-13)7-9-15(18)19/h6-9,11H,3-5,10H2,1-2H3,(H,17,20)(H,18,19). The number of unbranched alkanes of at least 4 members (excludes halogenated alkanes) is 2. The number of aliphatic carboxylic acids is 1. The van der Waals surface area contributed by atoms with Crippen molar-refractivity contribution < 1.29 is 19.4 Å². The Bertz CT molecular complexity index is 523. The second kappa shape index (κ2) is 8.79. The summed E-state index contributed by atoms with van der Waals surface area (Å²) in [5, 5.41) is 11.5. The van der Waals surface area contributed by atoms with Gasteiger partial charge < -0.3 is 15.2 Å². The highest BCUT2D eigenvalue weighted by molar-refractivity contribution is 5.95. The molecule has 0 spiro atoms. The van der Waals surface area contributed by atoms with Crippen molar-refractivity contribution in [2.24, 2.45) is 0 Å². The van der Waals surface area contributed by atoms with Crippen LogP contribution in [0.5, 0.6) is 5.75 Å². The van der Waals surface area contributed by atoms with E-state index in [1.54, 1.807) is 18.2 Å². The molecule has 5 nitrogen and oxygen atoms in total. The molecule has 0 aliphatic carbocycles. The minimum absolute atomic E-state index is 0.168. The summed E-state index contributed by atoms with van der Waals surface area (Å²) >= 11 is 0. The van der Waals surface area contributed by atoms with Crippen molar-refractivity contribution in [3.63, 3.8) is 0 Å². The summed E-state index contributed by atoms with van der Waals surface area (Å²) in [5.41, 5.74) is 1.04. The van der Waals surface area contributed by atoms with Gasteiger partial charge in [0.15, 0.2) is 0 Å². The van der Waals surface area contributed by atoms with Crippen LogP contribution in [0.25, 0.3) is 6.08 Å². The van der Waals surface area contributed by atoms with E-state index in [1.165, 1.54) is 13.2 Å². The summed E-state index contributed by atoms with van der Waals surface area (Å²) in [4.78, 5) is 22.6. The predicted molar refractivity (Wildman–Crippen MR) is 81.5 cm³/mol. The summed E-state index contributed by atoms with van der Waals surface area (Å²) in [6.07, 6.45) is 5.55. The lowest BCUT2D eigenvalue weighted by Gasteiger charge is -2.08. The molecule has 1 aromatic carbocycles. The van der Waals surface area contributed by atoms with E-state index in [9.17, 15) is 9.59 Å². The van der Waals surface area contributed by atoms with Gasteiger partial charge >= 0.3 is 5.97 Å². The van der Waals surface area contributed by atoms with E-state index in [2.05, 4.69) is 12.2 Å². The Morgan fingerprint density at radius 3 is 2.71 bits per heavy atom. The molecule has 0 radical (unpaired) electrons. The van der Waals surface area contributed by atoms with Gasteiger partial charge in [0.2, 0.25) is 0 Å². The molecule has 1 rings (SSSR count). The van der Waals surface area contributed by atoms with E-state index in [0.29, 0.717) is 23.4 Å². The van der Waals surface area contributed by atoms with Gasteiger partial charge in [-0.2, -0.15) is 0 Å². The van der Waals surface area contributed by atoms with Crippen LogP contribution in [0.15, 0.2) is 24.3 Å². The number of carbonyl (C=O) groups excluding carboxylic acids is 1. The van der Waals surface area contributed by atoms with Crippen molar-refractivity contribution in [3.8, 4) is 5.75 Å². The number of benzene rings is 1. The first-order valence-corrected chi connectivity index (χ1v) is 6.95. The number of nitrogens with one attached hydrogen (secondary N) is 1. The van der Waals surface area contributed by atoms with Crippen LogP contribution in [0.3, 0.4) is 0 Å². The molecule has 0 atom stereocenters. The highest BCUT2D eigenvalue weighted by atomic mass is 16.5. The number of carbonyl (C=O) groups is 2. The fraction of sp³-hybridized carbons (Fsp3) is 0.375. The van der Waals surface area contributed by atoms with E-state index >= 15 is 0 Å². The number of rotatable bonds is 8. The van der Waals surface area contributed by atoms with Crippen molar-refractivity contribution in [3.05, 3.63) is 35.4 Å². The minimum Gasteiger partial charge on any atom is -0.496 e. The fourth-order valence-corrected chi connectivity index (χ4v) is 1.85. The van der Waals surface area contributed by atoms with Gasteiger partial charge in [-0.25, -0.2) is 4.79 Å². The van der Waals surface area contributed by atoms with Crippen LogP contribution in [-0.4, -0.2) is 30.6 Å². The molecular weight excluding hydrogens is 270 g/mol. The van der Waals surface area contributed by atoms with E-state index in [-0.39, 0.29) is 5.91 Å². The Morgan fingerprint density at radius 1 is 1.33 bits per heavy atom. The quantitative estimate of drug-likeness (QED) is 0.570. The van der Waals surface area contributed by atoms with Crippen LogP contribution in [0.4, 0.5) is 0 Å². The monoisotopic (exact) mass is 291 g/mol. The van der Waals surface area contributed by atoms with Gasteiger partial charge in [-0.05, 0) is 30.7 Å². The van der Waals surface area contributed by atoms with Crippen molar-refractivity contribution in [2.75, 3.05) is 13.7 Å². The molecule has 2 N–H and O–H groups in total. The smallest absolute Gasteiger partial charge is 0.328 e. The third-order valence-corrected chi connectivity index (χ3v) is 2.96. The predicted octanol–water partition coefficient (Wildman–Crippen LogP) is 2.71. The Morgan fingerprint density at radius 2 is 2.10 bits per heavy atom. The van der Waals surface area contributed by atoms with Crippen LogP contribution in [0.1, 0.15) is 42.1 Å². The maximum absolute atomic E-state index is 12.0. The second-order valence-electron chi connectivity index (χ2n) is 4.59. The number of hydrogen-bond acceptors (Lipinski definition) is 3. The van der Waals surface area contributed by atoms with Crippen LogP contribution in [0, 0.1) is 0 Å². The van der Waals surface area contributed by atoms with Gasteiger partial charge in [0, 0.05) is 23.7 Å². The highest BCUT2D eigenvalue weighted by Crippen LogP contribution is 2.21. The average Bonchev–Trinajstić information content (AvgIpc) is 2.48. The molecule has 0 heterocycles. The molecule has 0 saturated heterocycles. The second-order valence-corrected chi connectivity index (χ2v) is 4.59. The van der Waals surface area contributed by atoms with Crippen LogP contribution >= 0.6 is 0 Å². The van der Waals surface area contributed by atoms with Crippen LogP contribution in [-0.2, 0) is 4.79 Å². The van der Waals surface area contributed by atoms with Crippen LogP contribution < -0.4 is 10.1 Å². The SMILES string of the molecule is CCCCCNC(=O)c1ccc(OC)c(C=CC(=O)O)c1. The van der Waals surface area contributed by atoms with E-state index in [0.717, 1.165) is 25.3 Å². The van der Waals surface area contributed by atoms with Gasteiger partial charge in [-0.3, -0.25) is 4.79 Å². The van der Waals surface area contributed by atoms with Gasteiger partial charge in [-0.1, -0.05) is 19.8 Å². The molecule has 0 unspecified atom stereocenters. The Hall–Kier alpha value is -2.30. The number of methoxy groups -OCH3 is 1. The lowest BCUT2D eigenvalue weighted by Crippen LogP contribution is -2.24. The topological polar surface area (TPSA) is 75.6 Å². The van der Waals surface area contributed by atoms with Gasteiger partial charge in [-0.15, -0.1) is 0 Å². The summed E-state index contributed by atoms with van der Waals surface area (Å²) in [5.74, 6) is -0.694. The number of carboxylic acid groups (broad SMARTS) is 1. The molecule has 114 valence electrons. The molecule has 0 aromatic heterocycles. The molecule has 0 fully saturated rings. The molecule has 0 saturated carbocycles. The molecule has 1 aromatic rings. The fourth-order valence-electron chi connectivity index (χ4n) is 1.85. The van der Waals surface area contributed by atoms with Gasteiger partial charge in [0.1, 0.15) is 5.75 Å². The lowest BCUT2D eigenvalue weighted by molar-refractivity contribution is -0.131. The number of ether oxygens (including phenoxy) is 1. The molecule has 21 heavy (non-hydrogen) atoms. The minimum atomic E-state index is -1.05. The first kappa shape index (κ1) is 16.8. The first-order chi connectivity index (χ1) is 10.1. The van der Waals surface area contributed by atoms with Gasteiger partial charge in [0.25, 0.3) is 5.91 Å². The molecule has 1 amide bonds. The third kappa shape index (κ3) is 5.69. The number of amides is 1. The molecule has 5 heteroatoms. The van der Waals surface area contributed by atoms with Crippen molar-refractivity contribution in [1.29, 1.82) is 0 Å². The van der Waals surface area contributed by atoms with E-state index < -0.39 is 5.97 Å². The maximum Gasteiger partial charge on any atom is 0.328 e. The first-order valence-electron chi connectivity index (χ1n) is 6.95. The Balaban J connectivity index is 2.81. The molecule has 0 aliphatic rings. The highest BCUT2D eigenvalue weighted by Gasteiger charge is 2.08. The summed E-state index contributed by atoms with van der Waals surface area (Å²) in [7, 11) is 1.50. The zero-order valence-electron chi connectivity index (χ0n) is 12.4. The third-order valence-electron chi connectivity index (χ3n) is 2.96. The largest absolute Gasteiger partial charge is 0.496 e. The maximum atomic E-state index is 12.0. The Labute approximate surface area is 124 Å². The summed E-state index contributed by atoms with van der Waals surface area (Å²) in [6.45, 7) is 2.74. The van der Waals surface area contributed by atoms with Crippen molar-refractivity contribution >= 4 is 18.0 Å². The van der Waals surface area contributed by atoms with Gasteiger partial charge in [0.05, 0.1) is 7.11 Å². The summed E-state index contributed by atoms with van der Waals surface area (Å²) in [6, 6.07) is 4.93. The van der Waals surface area contributed by atoms with E-state index in [4.69, 9.17) is 9.84 Å². The van der Waals surface area contributed by atoms with E-state index in [1.807, 2.05) is 0 Å². The summed E-state index contributed by atoms with van der Waals surface area (Å²) < 4.78 is 5.15. The zero-order valence-corrected chi connectivity index (χ0v) is 12.4. The Kier molecular flexibility index (Phi) is 7.01. The average molecular weight is 291 g/mol. The number of hydrogen-bond donors (Lipinski definition) is 2. The lowest BCUT2D eigenvalue weighted by atomic mass is 10.1. The molecular formula is C16H21NO4. The molecule has 0 aliphatic heterocycles. The van der Waals surface area contributed by atoms with Crippen LogP contribution in [0.2, 0.25) is 0 Å². The zero-order chi connectivity index (χ0) is 15.7. The van der Waals surface area contributed by atoms with Crippen molar-refractivity contribution in [1.82, 2.24) is 5.32 Å². The normalized spacial score (nSPS) is 10.6. The molecule has 0 bridgehead atoms. The number of carboxylic acids is 1.